The third-order valence-corrected chi connectivity index (χ3v) is 7.41. The Hall–Kier alpha value is -2.82. The first-order valence-electron chi connectivity index (χ1n) is 11.4. The van der Waals surface area contributed by atoms with Gasteiger partial charge in [-0.05, 0) is 55.2 Å². The van der Waals surface area contributed by atoms with E-state index >= 15 is 0 Å². The van der Waals surface area contributed by atoms with Gasteiger partial charge >= 0.3 is 0 Å². The number of hydrogen-bond donors (Lipinski definition) is 0. The number of benzene rings is 2. The zero-order valence-electron chi connectivity index (χ0n) is 18.1. The molecule has 3 fully saturated rings. The summed E-state index contributed by atoms with van der Waals surface area (Å²) in [6, 6.07) is 18.3. The van der Waals surface area contributed by atoms with Gasteiger partial charge in [0.25, 0.3) is 5.91 Å². The van der Waals surface area contributed by atoms with Crippen molar-refractivity contribution in [3.8, 4) is 5.75 Å². The minimum absolute atomic E-state index is 0.0428. The molecule has 2 aromatic carbocycles. The lowest BCUT2D eigenvalue weighted by atomic mass is 9.70. The smallest absolute Gasteiger partial charge is 0.257 e. The summed E-state index contributed by atoms with van der Waals surface area (Å²) >= 11 is 0. The summed E-state index contributed by atoms with van der Waals surface area (Å²) in [7, 11) is 1.61. The van der Waals surface area contributed by atoms with Crippen LogP contribution >= 0.6 is 0 Å². The van der Waals surface area contributed by atoms with Crippen LogP contribution in [0.25, 0.3) is 0 Å². The molecule has 5 nitrogen and oxygen atoms in total. The number of ether oxygens (including phenoxy) is 1. The van der Waals surface area contributed by atoms with Gasteiger partial charge in [0, 0.05) is 31.6 Å². The molecule has 31 heavy (non-hydrogen) atoms. The third-order valence-electron chi connectivity index (χ3n) is 7.41. The lowest BCUT2D eigenvalue weighted by molar-refractivity contribution is -0.151. The number of fused-ring (bicyclic) bond motifs is 4. The van der Waals surface area contributed by atoms with Crippen LogP contribution in [0.5, 0.6) is 5.75 Å². The van der Waals surface area contributed by atoms with Crippen molar-refractivity contribution in [2.45, 2.75) is 44.2 Å². The van der Waals surface area contributed by atoms with Gasteiger partial charge in [-0.3, -0.25) is 9.59 Å². The van der Waals surface area contributed by atoms with Crippen LogP contribution in [-0.4, -0.2) is 53.9 Å². The van der Waals surface area contributed by atoms with Crippen LogP contribution in [0.3, 0.4) is 0 Å². The highest BCUT2D eigenvalue weighted by Gasteiger charge is 2.50. The number of carbonyl (C=O) groups excluding carboxylic acids is 2. The molecule has 3 aliphatic rings. The Morgan fingerprint density at radius 1 is 1.03 bits per heavy atom. The zero-order chi connectivity index (χ0) is 21.4. The molecule has 5 rings (SSSR count). The summed E-state index contributed by atoms with van der Waals surface area (Å²) in [5, 5.41) is 0. The average Bonchev–Trinajstić information content (AvgIpc) is 2.82. The van der Waals surface area contributed by atoms with E-state index in [1.54, 1.807) is 7.11 Å². The Labute approximate surface area is 184 Å². The number of carbonyl (C=O) groups is 2. The molecule has 0 aromatic heterocycles. The first-order valence-corrected chi connectivity index (χ1v) is 11.4. The standard InChI is InChI=1S/C26H30N2O3/c1-31-24-12-6-5-10-21(24)26(30)27-16-19-15-20(17-27)23(14-18-8-3-2-4-9-18)28-22(19)11-7-13-25(28)29/h2-6,8-10,12,19-20,22-23H,7,11,13-17H2,1H3/t19-,20+,22+,23+/m1/s1. The maximum atomic E-state index is 13.5. The van der Waals surface area contributed by atoms with E-state index in [4.69, 9.17) is 4.74 Å². The van der Waals surface area contributed by atoms with E-state index in [-0.39, 0.29) is 18.0 Å². The SMILES string of the molecule is COc1ccccc1C(=O)N1C[C@H]2C[C@@H](C1)[C@H](Cc1ccccc1)N1C(=O)CCC[C@@H]21. The minimum atomic E-state index is 0.0428. The van der Waals surface area contributed by atoms with Gasteiger partial charge in [0.1, 0.15) is 5.75 Å². The van der Waals surface area contributed by atoms with Gasteiger partial charge in [-0.1, -0.05) is 42.5 Å². The van der Waals surface area contributed by atoms with E-state index in [2.05, 4.69) is 29.2 Å². The summed E-state index contributed by atoms with van der Waals surface area (Å²) in [4.78, 5) is 30.7. The van der Waals surface area contributed by atoms with Gasteiger partial charge < -0.3 is 14.5 Å². The Kier molecular flexibility index (Phi) is 5.43. The van der Waals surface area contributed by atoms with Crippen molar-refractivity contribution in [1.29, 1.82) is 0 Å². The summed E-state index contributed by atoms with van der Waals surface area (Å²) in [5.41, 5.74) is 1.89. The predicted octanol–water partition coefficient (Wildman–Crippen LogP) is 3.78. The number of rotatable bonds is 4. The molecule has 4 atom stereocenters. The Bertz CT molecular complexity index is 960. The number of piperidine rings is 3. The highest BCUT2D eigenvalue weighted by Crippen LogP contribution is 2.43. The van der Waals surface area contributed by atoms with Crippen LogP contribution in [0, 0.1) is 11.8 Å². The van der Waals surface area contributed by atoms with Crippen molar-refractivity contribution in [3.63, 3.8) is 0 Å². The van der Waals surface area contributed by atoms with E-state index in [0.29, 0.717) is 42.0 Å². The zero-order valence-corrected chi connectivity index (χ0v) is 18.1. The van der Waals surface area contributed by atoms with Crippen molar-refractivity contribution in [3.05, 3.63) is 65.7 Å². The van der Waals surface area contributed by atoms with Crippen LogP contribution in [-0.2, 0) is 11.2 Å². The van der Waals surface area contributed by atoms with Crippen molar-refractivity contribution in [2.75, 3.05) is 20.2 Å². The summed E-state index contributed by atoms with van der Waals surface area (Å²) in [6.07, 6.45) is 4.62. The molecule has 3 saturated heterocycles. The molecule has 3 heterocycles. The number of methoxy groups -OCH3 is 1. The molecule has 0 saturated carbocycles. The number of likely N-dealkylation sites (tertiary alicyclic amines) is 1. The Balaban J connectivity index is 1.45. The molecular formula is C26H30N2O3. The summed E-state index contributed by atoms with van der Waals surface area (Å²) < 4.78 is 5.45. The van der Waals surface area contributed by atoms with Crippen molar-refractivity contribution in [2.24, 2.45) is 11.8 Å². The second-order valence-electron chi connectivity index (χ2n) is 9.18. The van der Waals surface area contributed by atoms with Crippen molar-refractivity contribution in [1.82, 2.24) is 9.80 Å². The second kappa shape index (κ2) is 8.37. The number of hydrogen-bond acceptors (Lipinski definition) is 3. The lowest BCUT2D eigenvalue weighted by Gasteiger charge is -2.56. The van der Waals surface area contributed by atoms with Crippen molar-refractivity contribution >= 4 is 11.8 Å². The van der Waals surface area contributed by atoms with Gasteiger partial charge in [0.2, 0.25) is 5.91 Å². The minimum Gasteiger partial charge on any atom is -0.496 e. The summed E-state index contributed by atoms with van der Waals surface area (Å²) in [5.74, 6) is 1.63. The van der Waals surface area contributed by atoms with E-state index in [9.17, 15) is 9.59 Å². The molecule has 0 N–H and O–H groups in total. The molecular weight excluding hydrogens is 388 g/mol. The van der Waals surface area contributed by atoms with Gasteiger partial charge in [-0.15, -0.1) is 0 Å². The molecule has 0 aliphatic carbocycles. The molecule has 2 amide bonds. The van der Waals surface area contributed by atoms with E-state index in [0.717, 1.165) is 32.2 Å². The second-order valence-corrected chi connectivity index (χ2v) is 9.18. The molecule has 0 spiro atoms. The van der Waals surface area contributed by atoms with Crippen LogP contribution in [0.4, 0.5) is 0 Å². The predicted molar refractivity (Wildman–Crippen MR) is 119 cm³/mol. The van der Waals surface area contributed by atoms with E-state index < -0.39 is 0 Å². The monoisotopic (exact) mass is 418 g/mol. The number of nitrogens with zero attached hydrogens (tertiary/aromatic N) is 2. The van der Waals surface area contributed by atoms with Gasteiger partial charge in [-0.2, -0.15) is 0 Å². The molecule has 0 unspecified atom stereocenters. The van der Waals surface area contributed by atoms with Gasteiger partial charge in [0.15, 0.2) is 0 Å². The number of amides is 2. The topological polar surface area (TPSA) is 49.9 Å². The third kappa shape index (κ3) is 3.71. The van der Waals surface area contributed by atoms with E-state index in [1.165, 1.54) is 5.56 Å². The maximum Gasteiger partial charge on any atom is 0.257 e. The first kappa shape index (κ1) is 20.1. The maximum absolute atomic E-state index is 13.5. The molecule has 5 heteroatoms. The van der Waals surface area contributed by atoms with Gasteiger partial charge in [0.05, 0.1) is 12.7 Å². The quantitative estimate of drug-likeness (QED) is 0.759. The summed E-state index contributed by atoms with van der Waals surface area (Å²) in [6.45, 7) is 1.42. The largest absolute Gasteiger partial charge is 0.496 e. The molecule has 162 valence electrons. The highest BCUT2D eigenvalue weighted by molar-refractivity contribution is 5.97. The van der Waals surface area contributed by atoms with Crippen molar-refractivity contribution < 1.29 is 14.3 Å². The molecule has 2 bridgehead atoms. The Morgan fingerprint density at radius 3 is 2.58 bits per heavy atom. The fourth-order valence-corrected chi connectivity index (χ4v) is 6.05. The van der Waals surface area contributed by atoms with Crippen LogP contribution in [0.1, 0.15) is 41.6 Å². The highest BCUT2D eigenvalue weighted by atomic mass is 16.5. The number of para-hydroxylation sites is 1. The molecule has 0 radical (unpaired) electrons. The van der Waals surface area contributed by atoms with Gasteiger partial charge in [-0.25, -0.2) is 0 Å². The first-order chi connectivity index (χ1) is 15.2. The van der Waals surface area contributed by atoms with E-state index in [1.807, 2.05) is 35.2 Å². The Morgan fingerprint density at radius 2 is 1.77 bits per heavy atom. The normalized spacial score (nSPS) is 27.6. The fourth-order valence-electron chi connectivity index (χ4n) is 6.05. The fraction of sp³-hybridized carbons (Fsp3) is 0.462. The van der Waals surface area contributed by atoms with Crippen LogP contribution in [0.2, 0.25) is 0 Å². The average molecular weight is 419 g/mol. The molecule has 2 aromatic rings. The van der Waals surface area contributed by atoms with Crippen LogP contribution in [0.15, 0.2) is 54.6 Å². The van der Waals surface area contributed by atoms with Crippen LogP contribution < -0.4 is 4.74 Å². The molecule has 3 aliphatic heterocycles. The lowest BCUT2D eigenvalue weighted by Crippen LogP contribution is -2.66.